The molecule has 1 rings (SSSR count). The van der Waals surface area contributed by atoms with Gasteiger partial charge in [0.15, 0.2) is 0 Å². The maximum absolute atomic E-state index is 11.5. The van der Waals surface area contributed by atoms with E-state index in [1.54, 1.807) is 6.07 Å². The summed E-state index contributed by atoms with van der Waals surface area (Å²) in [5.41, 5.74) is 0. The van der Waals surface area contributed by atoms with Crippen LogP contribution in [-0.2, 0) is 11.3 Å². The van der Waals surface area contributed by atoms with Crippen LogP contribution in [0.4, 0.5) is 4.79 Å². The molecule has 0 radical (unpaired) electrons. The lowest BCUT2D eigenvalue weighted by molar-refractivity contribution is -0.137. The van der Waals surface area contributed by atoms with Crippen molar-refractivity contribution in [2.75, 3.05) is 0 Å². The minimum absolute atomic E-state index is 0.0747. The van der Waals surface area contributed by atoms with Crippen molar-refractivity contribution in [1.82, 2.24) is 10.6 Å². The maximum atomic E-state index is 11.5. The third-order valence-electron chi connectivity index (χ3n) is 2.30. The lowest BCUT2D eigenvalue weighted by Gasteiger charge is -2.15. The summed E-state index contributed by atoms with van der Waals surface area (Å²) >= 11 is 7.16. The van der Waals surface area contributed by atoms with Gasteiger partial charge in [-0.3, -0.25) is 4.79 Å². The summed E-state index contributed by atoms with van der Waals surface area (Å²) < 4.78 is 0.671. The Morgan fingerprint density at radius 2 is 2.22 bits per heavy atom. The highest BCUT2D eigenvalue weighted by Crippen LogP contribution is 2.20. The second kappa shape index (κ2) is 7.23. The molecule has 1 unspecified atom stereocenters. The van der Waals surface area contributed by atoms with E-state index in [2.05, 4.69) is 10.6 Å². The monoisotopic (exact) mass is 290 g/mol. The van der Waals surface area contributed by atoms with Gasteiger partial charge in [-0.15, -0.1) is 11.3 Å². The van der Waals surface area contributed by atoms with Gasteiger partial charge in [-0.25, -0.2) is 4.79 Å². The number of urea groups is 1. The molecule has 2 amide bonds. The Morgan fingerprint density at radius 1 is 1.50 bits per heavy atom. The summed E-state index contributed by atoms with van der Waals surface area (Å²) in [6.45, 7) is 2.21. The van der Waals surface area contributed by atoms with Gasteiger partial charge in [-0.05, 0) is 18.6 Å². The van der Waals surface area contributed by atoms with Crippen LogP contribution in [0.5, 0.6) is 0 Å². The number of carbonyl (C=O) groups excluding carboxylic acids is 1. The molecule has 1 aromatic heterocycles. The number of carboxylic acids is 1. The topological polar surface area (TPSA) is 78.4 Å². The number of nitrogens with one attached hydrogen (secondary N) is 2. The second-order valence-corrected chi connectivity index (χ2v) is 5.54. The van der Waals surface area contributed by atoms with E-state index in [9.17, 15) is 9.59 Å². The Bertz CT molecular complexity index is 422. The number of rotatable bonds is 6. The van der Waals surface area contributed by atoms with Crippen molar-refractivity contribution in [3.8, 4) is 0 Å². The fraction of sp³-hybridized carbons (Fsp3) is 0.455. The Balaban J connectivity index is 2.34. The van der Waals surface area contributed by atoms with Crippen molar-refractivity contribution in [3.05, 3.63) is 21.3 Å². The van der Waals surface area contributed by atoms with Crippen molar-refractivity contribution in [2.45, 2.75) is 32.4 Å². The van der Waals surface area contributed by atoms with Crippen LogP contribution in [-0.4, -0.2) is 23.1 Å². The van der Waals surface area contributed by atoms with Crippen LogP contribution in [0.2, 0.25) is 4.34 Å². The van der Waals surface area contributed by atoms with Crippen LogP contribution in [0.15, 0.2) is 12.1 Å². The molecule has 0 spiro atoms. The second-order valence-electron chi connectivity index (χ2n) is 3.74. The van der Waals surface area contributed by atoms with Gasteiger partial charge in [0.1, 0.15) is 0 Å². The van der Waals surface area contributed by atoms with Crippen molar-refractivity contribution in [1.29, 1.82) is 0 Å². The summed E-state index contributed by atoms with van der Waals surface area (Å²) in [5, 5.41) is 13.9. The normalized spacial score (nSPS) is 11.9. The smallest absolute Gasteiger partial charge is 0.315 e. The molecule has 100 valence electrons. The number of amides is 2. The molecule has 0 saturated heterocycles. The van der Waals surface area contributed by atoms with Gasteiger partial charge in [0.2, 0.25) is 0 Å². The third-order valence-corrected chi connectivity index (χ3v) is 3.53. The van der Waals surface area contributed by atoms with Crippen molar-refractivity contribution in [2.24, 2.45) is 0 Å². The average Bonchev–Trinajstić information content (AvgIpc) is 2.71. The van der Waals surface area contributed by atoms with Gasteiger partial charge < -0.3 is 15.7 Å². The first-order valence-corrected chi connectivity index (χ1v) is 6.71. The lowest BCUT2D eigenvalue weighted by atomic mass is 10.1. The largest absolute Gasteiger partial charge is 0.481 e. The van der Waals surface area contributed by atoms with E-state index in [1.165, 1.54) is 11.3 Å². The van der Waals surface area contributed by atoms with E-state index >= 15 is 0 Å². The molecule has 7 heteroatoms. The summed E-state index contributed by atoms with van der Waals surface area (Å²) in [4.78, 5) is 23.0. The number of carbonyl (C=O) groups is 2. The molecule has 0 saturated carbocycles. The molecular formula is C11H15ClN2O3S. The number of halogens is 1. The van der Waals surface area contributed by atoms with E-state index in [4.69, 9.17) is 16.7 Å². The standard InChI is InChI=1S/C11H15ClN2O3S/c1-2-7(5-10(15)16)14-11(17)13-6-8-3-4-9(12)18-8/h3-4,7H,2,5-6H2,1H3,(H,15,16)(H2,13,14,17). The zero-order chi connectivity index (χ0) is 13.5. The molecule has 0 aromatic carbocycles. The highest BCUT2D eigenvalue weighted by atomic mass is 35.5. The molecule has 0 aliphatic carbocycles. The molecule has 0 aliphatic rings. The van der Waals surface area contributed by atoms with Crippen LogP contribution in [0.1, 0.15) is 24.6 Å². The highest BCUT2D eigenvalue weighted by molar-refractivity contribution is 7.16. The molecule has 0 bridgehead atoms. The summed E-state index contributed by atoms with van der Waals surface area (Å²) in [6, 6.07) is 2.88. The molecule has 1 aromatic rings. The zero-order valence-corrected chi connectivity index (χ0v) is 11.5. The van der Waals surface area contributed by atoms with Crippen LogP contribution in [0.25, 0.3) is 0 Å². The number of carboxylic acid groups (broad SMARTS) is 1. The van der Waals surface area contributed by atoms with Crippen molar-refractivity contribution in [3.63, 3.8) is 0 Å². The minimum atomic E-state index is -0.924. The first kappa shape index (κ1) is 14.8. The molecule has 0 fully saturated rings. The van der Waals surface area contributed by atoms with E-state index < -0.39 is 5.97 Å². The molecule has 0 aliphatic heterocycles. The van der Waals surface area contributed by atoms with E-state index in [1.807, 2.05) is 13.0 Å². The first-order valence-electron chi connectivity index (χ1n) is 5.51. The third kappa shape index (κ3) is 5.37. The number of hydrogen-bond donors (Lipinski definition) is 3. The van der Waals surface area contributed by atoms with Gasteiger partial charge in [-0.1, -0.05) is 18.5 Å². The van der Waals surface area contributed by atoms with Crippen LogP contribution >= 0.6 is 22.9 Å². The summed E-state index contributed by atoms with van der Waals surface area (Å²) in [5.74, 6) is -0.924. The predicted molar refractivity (Wildman–Crippen MR) is 71.0 cm³/mol. The van der Waals surface area contributed by atoms with E-state index in [0.29, 0.717) is 17.3 Å². The summed E-state index contributed by atoms with van der Waals surface area (Å²) in [6.07, 6.45) is 0.499. The Hall–Kier alpha value is -1.27. The van der Waals surface area contributed by atoms with Gasteiger partial charge in [0.05, 0.1) is 17.3 Å². The van der Waals surface area contributed by atoms with Crippen molar-refractivity contribution < 1.29 is 14.7 Å². The maximum Gasteiger partial charge on any atom is 0.315 e. The Labute approximate surface area is 114 Å². The predicted octanol–water partition coefficient (Wildman–Crippen LogP) is 2.45. The van der Waals surface area contributed by atoms with Crippen molar-refractivity contribution >= 4 is 34.9 Å². The molecular weight excluding hydrogens is 276 g/mol. The fourth-order valence-electron chi connectivity index (χ4n) is 1.36. The molecule has 5 nitrogen and oxygen atoms in total. The zero-order valence-electron chi connectivity index (χ0n) is 9.90. The van der Waals surface area contributed by atoms with E-state index in [-0.39, 0.29) is 18.5 Å². The average molecular weight is 291 g/mol. The molecule has 1 atom stereocenters. The quantitative estimate of drug-likeness (QED) is 0.753. The van der Waals surface area contributed by atoms with Gasteiger partial charge in [0, 0.05) is 10.9 Å². The van der Waals surface area contributed by atoms with Crippen LogP contribution in [0.3, 0.4) is 0 Å². The molecule has 3 N–H and O–H groups in total. The lowest BCUT2D eigenvalue weighted by Crippen LogP contribution is -2.42. The van der Waals surface area contributed by atoms with Gasteiger partial charge in [0.25, 0.3) is 0 Å². The Kier molecular flexibility index (Phi) is 5.94. The number of aliphatic carboxylic acids is 1. The van der Waals surface area contributed by atoms with Gasteiger partial charge >= 0.3 is 12.0 Å². The Morgan fingerprint density at radius 3 is 2.72 bits per heavy atom. The number of thiophene rings is 1. The number of hydrogen-bond acceptors (Lipinski definition) is 3. The van der Waals surface area contributed by atoms with E-state index in [0.717, 1.165) is 4.88 Å². The first-order chi connectivity index (χ1) is 8.51. The fourth-order valence-corrected chi connectivity index (χ4v) is 2.39. The minimum Gasteiger partial charge on any atom is -0.481 e. The van der Waals surface area contributed by atoms with Crippen LogP contribution in [0, 0.1) is 0 Å². The van der Waals surface area contributed by atoms with Gasteiger partial charge in [-0.2, -0.15) is 0 Å². The summed E-state index contributed by atoms with van der Waals surface area (Å²) in [7, 11) is 0. The van der Waals surface area contributed by atoms with Crippen LogP contribution < -0.4 is 10.6 Å². The molecule has 18 heavy (non-hydrogen) atoms. The molecule has 1 heterocycles. The SMILES string of the molecule is CCC(CC(=O)O)NC(=O)NCc1ccc(Cl)s1. The highest BCUT2D eigenvalue weighted by Gasteiger charge is 2.13.